The molecule has 0 aliphatic rings. The number of rotatable bonds is 11. The molecule has 0 bridgehead atoms. The fourth-order valence-electron chi connectivity index (χ4n) is 2.85. The molecule has 0 spiro atoms. The minimum Gasteiger partial charge on any atom is -0.462 e. The van der Waals surface area contributed by atoms with Crippen molar-refractivity contribution in [1.29, 1.82) is 0 Å². The van der Waals surface area contributed by atoms with Crippen LogP contribution in [0.3, 0.4) is 0 Å². The third kappa shape index (κ3) is 7.32. The Morgan fingerprint density at radius 1 is 0.967 bits per heavy atom. The second-order valence-electron chi connectivity index (χ2n) is 7.01. The number of unbranched alkanes of at least 4 members (excludes halogenated alkanes) is 1. The van der Waals surface area contributed by atoms with Gasteiger partial charge in [0.15, 0.2) is 0 Å². The highest BCUT2D eigenvalue weighted by Gasteiger charge is 2.08. The summed E-state index contributed by atoms with van der Waals surface area (Å²) in [6, 6.07) is 12.8. The maximum Gasteiger partial charge on any atom is 0.333 e. The van der Waals surface area contributed by atoms with E-state index in [4.69, 9.17) is 9.47 Å². The van der Waals surface area contributed by atoms with Crippen LogP contribution in [0.5, 0.6) is 0 Å². The van der Waals surface area contributed by atoms with Crippen LogP contribution in [0, 0.1) is 5.82 Å². The molecule has 2 aromatic rings. The fourth-order valence-corrected chi connectivity index (χ4v) is 2.85. The highest BCUT2D eigenvalue weighted by atomic mass is 19.1. The zero-order chi connectivity index (χ0) is 21.9. The van der Waals surface area contributed by atoms with Crippen LogP contribution in [0.25, 0.3) is 11.1 Å². The van der Waals surface area contributed by atoms with E-state index >= 15 is 0 Å². The lowest BCUT2D eigenvalue weighted by Crippen LogP contribution is -2.06. The van der Waals surface area contributed by atoms with Crippen LogP contribution < -0.4 is 0 Å². The number of esters is 2. The molecule has 5 heteroatoms. The Morgan fingerprint density at radius 2 is 1.67 bits per heavy atom. The van der Waals surface area contributed by atoms with Gasteiger partial charge in [0.2, 0.25) is 0 Å². The average molecular weight is 410 g/mol. The van der Waals surface area contributed by atoms with E-state index in [9.17, 15) is 14.0 Å². The summed E-state index contributed by atoms with van der Waals surface area (Å²) in [6.45, 7) is 9.11. The molecule has 0 aliphatic heterocycles. The van der Waals surface area contributed by atoms with Crippen LogP contribution in [-0.4, -0.2) is 25.2 Å². The Kier molecular flexibility index (Phi) is 9.01. The van der Waals surface area contributed by atoms with E-state index in [1.807, 2.05) is 30.3 Å². The molecular formula is C25H27FO4. The zero-order valence-electron chi connectivity index (χ0n) is 17.3. The number of carbonyl (C=O) groups excluding carboxylic acids is 2. The van der Waals surface area contributed by atoms with Crippen LogP contribution in [0.4, 0.5) is 4.39 Å². The highest BCUT2D eigenvalue weighted by molar-refractivity contribution is 5.86. The van der Waals surface area contributed by atoms with Crippen LogP contribution in [0.15, 0.2) is 67.3 Å². The van der Waals surface area contributed by atoms with E-state index in [2.05, 4.69) is 13.2 Å². The van der Waals surface area contributed by atoms with Crippen LogP contribution >= 0.6 is 0 Å². The third-order valence-corrected chi connectivity index (χ3v) is 4.54. The molecule has 0 saturated carbocycles. The summed E-state index contributed by atoms with van der Waals surface area (Å²) in [6.07, 6.45) is 3.94. The molecular weight excluding hydrogens is 383 g/mol. The highest BCUT2D eigenvalue weighted by Crippen LogP contribution is 2.25. The van der Waals surface area contributed by atoms with Gasteiger partial charge in [-0.1, -0.05) is 49.6 Å². The standard InChI is InChI=1S/C25H27FO4/c1-4-24(27)29-16-14-19-8-11-21(12-9-19)22-13-10-20(17-23(22)26)7-5-6-15-30-25(28)18(2)3/h4,8-13,17H,1-2,5-7,14-16H2,3H3. The van der Waals surface area contributed by atoms with Gasteiger partial charge in [0.1, 0.15) is 5.82 Å². The fraction of sp³-hybridized carbons (Fsp3) is 0.280. The quantitative estimate of drug-likeness (QED) is 0.290. The van der Waals surface area contributed by atoms with Crippen molar-refractivity contribution in [2.24, 2.45) is 0 Å². The molecule has 0 N–H and O–H groups in total. The van der Waals surface area contributed by atoms with Crippen molar-refractivity contribution < 1.29 is 23.5 Å². The van der Waals surface area contributed by atoms with Gasteiger partial charge in [0.05, 0.1) is 13.2 Å². The first-order valence-corrected chi connectivity index (χ1v) is 9.90. The second-order valence-corrected chi connectivity index (χ2v) is 7.01. The summed E-state index contributed by atoms with van der Waals surface area (Å²) in [7, 11) is 0. The molecule has 0 unspecified atom stereocenters. The Labute approximate surface area is 177 Å². The second kappa shape index (κ2) is 11.7. The number of hydrogen-bond donors (Lipinski definition) is 0. The molecule has 0 aliphatic carbocycles. The molecule has 0 atom stereocenters. The first kappa shape index (κ1) is 23.1. The molecule has 0 heterocycles. The molecule has 0 radical (unpaired) electrons. The first-order valence-electron chi connectivity index (χ1n) is 9.90. The van der Waals surface area contributed by atoms with Crippen molar-refractivity contribution in [3.63, 3.8) is 0 Å². The average Bonchev–Trinajstić information content (AvgIpc) is 2.74. The van der Waals surface area contributed by atoms with E-state index in [-0.39, 0.29) is 18.4 Å². The Hall–Kier alpha value is -3.21. The minimum absolute atomic E-state index is 0.270. The largest absolute Gasteiger partial charge is 0.462 e. The van der Waals surface area contributed by atoms with Gasteiger partial charge in [-0.3, -0.25) is 0 Å². The van der Waals surface area contributed by atoms with E-state index in [1.165, 1.54) is 0 Å². The molecule has 158 valence electrons. The van der Waals surface area contributed by atoms with Crippen LogP contribution in [0.2, 0.25) is 0 Å². The molecule has 30 heavy (non-hydrogen) atoms. The first-order chi connectivity index (χ1) is 14.4. The number of hydrogen-bond acceptors (Lipinski definition) is 4. The number of halogens is 1. The SMILES string of the molecule is C=CC(=O)OCCc1ccc(-c2ccc(CCCCOC(=O)C(=C)C)cc2F)cc1. The Morgan fingerprint density at radius 3 is 2.30 bits per heavy atom. The zero-order valence-corrected chi connectivity index (χ0v) is 17.3. The van der Waals surface area contributed by atoms with Gasteiger partial charge in [-0.2, -0.15) is 0 Å². The topological polar surface area (TPSA) is 52.6 Å². The molecule has 0 amide bonds. The predicted molar refractivity (Wildman–Crippen MR) is 115 cm³/mol. The summed E-state index contributed by atoms with van der Waals surface area (Å²) < 4.78 is 24.6. The third-order valence-electron chi connectivity index (χ3n) is 4.54. The van der Waals surface area contributed by atoms with Gasteiger partial charge < -0.3 is 9.47 Å². The van der Waals surface area contributed by atoms with Crippen LogP contribution in [-0.2, 0) is 31.9 Å². The summed E-state index contributed by atoms with van der Waals surface area (Å²) >= 11 is 0. The van der Waals surface area contributed by atoms with Crippen molar-refractivity contribution in [3.05, 3.63) is 84.2 Å². The number of aryl methyl sites for hydroxylation is 1. The van der Waals surface area contributed by atoms with Crippen molar-refractivity contribution in [2.75, 3.05) is 13.2 Å². The summed E-state index contributed by atoms with van der Waals surface area (Å²) in [5.41, 5.74) is 3.62. The predicted octanol–water partition coefficient (Wildman–Crippen LogP) is 5.21. The monoisotopic (exact) mass is 410 g/mol. The van der Waals surface area contributed by atoms with Crippen molar-refractivity contribution in [3.8, 4) is 11.1 Å². The number of benzene rings is 2. The number of carbonyl (C=O) groups is 2. The van der Waals surface area contributed by atoms with Crippen LogP contribution in [0.1, 0.15) is 30.9 Å². The lowest BCUT2D eigenvalue weighted by Gasteiger charge is -2.09. The van der Waals surface area contributed by atoms with E-state index < -0.39 is 5.97 Å². The van der Waals surface area contributed by atoms with E-state index in [0.29, 0.717) is 37.0 Å². The maximum absolute atomic E-state index is 14.6. The molecule has 0 aromatic heterocycles. The van der Waals surface area contributed by atoms with Crippen molar-refractivity contribution in [1.82, 2.24) is 0 Å². The lowest BCUT2D eigenvalue weighted by atomic mass is 9.99. The maximum atomic E-state index is 14.6. The molecule has 4 nitrogen and oxygen atoms in total. The molecule has 0 fully saturated rings. The normalized spacial score (nSPS) is 10.3. The lowest BCUT2D eigenvalue weighted by molar-refractivity contribution is -0.139. The summed E-state index contributed by atoms with van der Waals surface area (Å²) in [5.74, 6) is -1.09. The summed E-state index contributed by atoms with van der Waals surface area (Å²) in [4.78, 5) is 22.4. The Balaban J connectivity index is 1.85. The van der Waals surface area contributed by atoms with E-state index in [0.717, 1.165) is 29.2 Å². The minimum atomic E-state index is -0.443. The van der Waals surface area contributed by atoms with Gasteiger partial charge in [-0.15, -0.1) is 0 Å². The van der Waals surface area contributed by atoms with Gasteiger partial charge in [0, 0.05) is 23.6 Å². The van der Waals surface area contributed by atoms with Crippen molar-refractivity contribution >= 4 is 11.9 Å². The Bertz CT molecular complexity index is 900. The van der Waals surface area contributed by atoms with Gasteiger partial charge in [-0.05, 0) is 48.9 Å². The number of ether oxygens (including phenoxy) is 2. The molecule has 2 rings (SSSR count). The smallest absolute Gasteiger partial charge is 0.333 e. The van der Waals surface area contributed by atoms with Gasteiger partial charge in [0.25, 0.3) is 0 Å². The summed E-state index contributed by atoms with van der Waals surface area (Å²) in [5, 5.41) is 0. The van der Waals surface area contributed by atoms with Gasteiger partial charge in [-0.25, -0.2) is 14.0 Å². The molecule has 0 saturated heterocycles. The molecule has 2 aromatic carbocycles. The van der Waals surface area contributed by atoms with Gasteiger partial charge >= 0.3 is 11.9 Å². The van der Waals surface area contributed by atoms with E-state index in [1.54, 1.807) is 19.1 Å². The van der Waals surface area contributed by atoms with Crippen molar-refractivity contribution in [2.45, 2.75) is 32.6 Å².